The minimum atomic E-state index is -0.958. The molecule has 0 spiro atoms. The molecule has 6 heteroatoms. The minimum Gasteiger partial charge on any atom is -0.452 e. The molecule has 2 unspecified atom stereocenters. The molecule has 0 aliphatic carbocycles. The number of halogens is 2. The van der Waals surface area contributed by atoms with Crippen LogP contribution < -0.4 is 5.32 Å². The Kier molecular flexibility index (Phi) is 6.85. The van der Waals surface area contributed by atoms with Crippen molar-refractivity contribution in [2.45, 2.75) is 32.3 Å². The summed E-state index contributed by atoms with van der Waals surface area (Å²) in [4.78, 5) is 24.7. The first-order valence-corrected chi connectivity index (χ1v) is 8.69. The first-order valence-electron chi connectivity index (χ1n) is 7.93. The van der Waals surface area contributed by atoms with Crippen LogP contribution >= 0.6 is 23.2 Å². The smallest absolute Gasteiger partial charge is 0.314 e. The van der Waals surface area contributed by atoms with E-state index in [2.05, 4.69) is 5.32 Å². The van der Waals surface area contributed by atoms with Crippen LogP contribution in [-0.2, 0) is 14.3 Å². The highest BCUT2D eigenvalue weighted by molar-refractivity contribution is 6.35. The van der Waals surface area contributed by atoms with Gasteiger partial charge in [0.1, 0.15) is 0 Å². The number of carbonyl (C=O) groups excluding carboxylic acids is 2. The zero-order valence-electron chi connectivity index (χ0n) is 14.0. The molecule has 25 heavy (non-hydrogen) atoms. The molecule has 0 aromatic heterocycles. The molecule has 2 aromatic carbocycles. The summed E-state index contributed by atoms with van der Waals surface area (Å²) >= 11 is 11.9. The van der Waals surface area contributed by atoms with Crippen LogP contribution in [0.3, 0.4) is 0 Å². The molecule has 0 heterocycles. The minimum absolute atomic E-state index is 0.354. The maximum absolute atomic E-state index is 12.4. The molecule has 1 amide bonds. The fourth-order valence-electron chi connectivity index (χ4n) is 2.36. The van der Waals surface area contributed by atoms with E-state index in [0.29, 0.717) is 22.2 Å². The van der Waals surface area contributed by atoms with Gasteiger partial charge in [0.2, 0.25) is 0 Å². The molecular weight excluding hydrogens is 361 g/mol. The summed E-state index contributed by atoms with van der Waals surface area (Å²) in [5, 5.41) is 3.42. The second-order valence-electron chi connectivity index (χ2n) is 5.56. The highest BCUT2D eigenvalue weighted by atomic mass is 35.5. The van der Waals surface area contributed by atoms with Crippen molar-refractivity contribution in [3.63, 3.8) is 0 Å². The van der Waals surface area contributed by atoms with Gasteiger partial charge in [-0.3, -0.25) is 9.59 Å². The summed E-state index contributed by atoms with van der Waals surface area (Å²) in [5.74, 6) is -1.32. The van der Waals surface area contributed by atoms with Crippen LogP contribution in [0.5, 0.6) is 0 Å². The number of hydrogen-bond donors (Lipinski definition) is 1. The Bertz CT molecular complexity index is 750. The Hall–Kier alpha value is -2.04. The fraction of sp³-hybridized carbons (Fsp3) is 0.263. The van der Waals surface area contributed by atoms with E-state index >= 15 is 0 Å². The first kappa shape index (κ1) is 19.3. The lowest BCUT2D eigenvalue weighted by molar-refractivity contribution is -0.154. The van der Waals surface area contributed by atoms with Crippen LogP contribution in [0.15, 0.2) is 48.5 Å². The summed E-state index contributed by atoms with van der Waals surface area (Å²) in [7, 11) is 0. The third kappa shape index (κ3) is 5.21. The molecule has 2 rings (SSSR count). The second kappa shape index (κ2) is 8.88. The number of ether oxygens (including phenoxy) is 1. The topological polar surface area (TPSA) is 55.4 Å². The maximum Gasteiger partial charge on any atom is 0.314 e. The number of anilines is 1. The second-order valence-corrected chi connectivity index (χ2v) is 6.41. The molecule has 0 saturated carbocycles. The summed E-state index contributed by atoms with van der Waals surface area (Å²) in [6, 6.07) is 14.1. The molecule has 1 N–H and O–H groups in total. The Labute approximate surface area is 157 Å². The molecule has 0 radical (unpaired) electrons. The lowest BCUT2D eigenvalue weighted by Gasteiger charge is -2.19. The van der Waals surface area contributed by atoms with Crippen LogP contribution in [0.1, 0.15) is 31.7 Å². The number of esters is 1. The van der Waals surface area contributed by atoms with Crippen molar-refractivity contribution in [1.82, 2.24) is 0 Å². The lowest BCUT2D eigenvalue weighted by atomic mass is 9.97. The van der Waals surface area contributed by atoms with Crippen LogP contribution in [0.2, 0.25) is 10.0 Å². The summed E-state index contributed by atoms with van der Waals surface area (Å²) < 4.78 is 5.33. The van der Waals surface area contributed by atoms with Crippen LogP contribution in [0.4, 0.5) is 5.69 Å². The van der Waals surface area contributed by atoms with Gasteiger partial charge < -0.3 is 10.1 Å². The van der Waals surface area contributed by atoms with Crippen molar-refractivity contribution >= 4 is 40.8 Å². The average molecular weight is 380 g/mol. The average Bonchev–Trinajstić information content (AvgIpc) is 2.59. The number of rotatable bonds is 6. The monoisotopic (exact) mass is 379 g/mol. The Morgan fingerprint density at radius 1 is 1.12 bits per heavy atom. The van der Waals surface area contributed by atoms with E-state index in [0.717, 1.165) is 5.56 Å². The lowest BCUT2D eigenvalue weighted by Crippen LogP contribution is -2.31. The molecule has 0 bridgehead atoms. The van der Waals surface area contributed by atoms with Crippen LogP contribution in [0.25, 0.3) is 0 Å². The fourth-order valence-corrected chi connectivity index (χ4v) is 2.70. The zero-order valence-corrected chi connectivity index (χ0v) is 15.5. The highest BCUT2D eigenvalue weighted by Gasteiger charge is 2.25. The number of benzene rings is 2. The largest absolute Gasteiger partial charge is 0.452 e. The van der Waals surface area contributed by atoms with E-state index in [9.17, 15) is 9.59 Å². The molecule has 0 aliphatic heterocycles. The van der Waals surface area contributed by atoms with E-state index < -0.39 is 23.9 Å². The van der Waals surface area contributed by atoms with E-state index in [1.807, 2.05) is 37.3 Å². The van der Waals surface area contributed by atoms with Gasteiger partial charge >= 0.3 is 5.97 Å². The predicted molar refractivity (Wildman–Crippen MR) is 100 cm³/mol. The van der Waals surface area contributed by atoms with Gasteiger partial charge in [0.25, 0.3) is 5.91 Å². The first-order chi connectivity index (χ1) is 11.9. The number of amides is 1. The van der Waals surface area contributed by atoms with E-state index in [4.69, 9.17) is 27.9 Å². The van der Waals surface area contributed by atoms with E-state index in [1.54, 1.807) is 12.1 Å². The Morgan fingerprint density at radius 2 is 1.80 bits per heavy atom. The maximum atomic E-state index is 12.4. The van der Waals surface area contributed by atoms with Crippen molar-refractivity contribution in [2.24, 2.45) is 0 Å². The predicted octanol–water partition coefficient (Wildman–Crippen LogP) is 5.06. The molecular formula is C19H19Cl2NO3. The van der Waals surface area contributed by atoms with Gasteiger partial charge in [-0.2, -0.15) is 0 Å². The Balaban J connectivity index is 2.02. The van der Waals surface area contributed by atoms with Gasteiger partial charge in [-0.25, -0.2) is 0 Å². The van der Waals surface area contributed by atoms with Crippen molar-refractivity contribution in [3.8, 4) is 0 Å². The summed E-state index contributed by atoms with van der Waals surface area (Å²) in [6.45, 7) is 3.42. The van der Waals surface area contributed by atoms with Crippen LogP contribution in [0, 0.1) is 0 Å². The summed E-state index contributed by atoms with van der Waals surface area (Å²) in [6.07, 6.45) is -0.377. The zero-order chi connectivity index (χ0) is 18.4. The molecule has 4 nitrogen and oxygen atoms in total. The van der Waals surface area contributed by atoms with Gasteiger partial charge in [-0.1, -0.05) is 60.5 Å². The van der Waals surface area contributed by atoms with Crippen molar-refractivity contribution < 1.29 is 14.3 Å². The van der Waals surface area contributed by atoms with E-state index in [1.165, 1.54) is 13.0 Å². The SMILES string of the molecule is CCC(C(=O)OC(C)C(=O)Nc1cc(Cl)ccc1Cl)c1ccccc1. The standard InChI is InChI=1S/C19H19Cl2NO3/c1-3-15(13-7-5-4-6-8-13)19(24)25-12(2)18(23)22-17-11-14(20)9-10-16(17)21/h4-12,15H,3H2,1-2H3,(H,22,23). The van der Waals surface area contributed by atoms with Gasteiger partial charge in [-0.15, -0.1) is 0 Å². The van der Waals surface area contributed by atoms with Crippen molar-refractivity contribution in [3.05, 3.63) is 64.1 Å². The molecule has 132 valence electrons. The number of hydrogen-bond acceptors (Lipinski definition) is 3. The van der Waals surface area contributed by atoms with Gasteiger partial charge in [0, 0.05) is 5.02 Å². The van der Waals surface area contributed by atoms with Crippen LogP contribution in [-0.4, -0.2) is 18.0 Å². The van der Waals surface area contributed by atoms with Gasteiger partial charge in [0.15, 0.2) is 6.10 Å². The third-order valence-electron chi connectivity index (χ3n) is 3.74. The molecule has 0 saturated heterocycles. The summed E-state index contributed by atoms with van der Waals surface area (Å²) in [5.41, 5.74) is 1.23. The van der Waals surface area contributed by atoms with Crippen molar-refractivity contribution in [1.29, 1.82) is 0 Å². The van der Waals surface area contributed by atoms with E-state index in [-0.39, 0.29) is 0 Å². The van der Waals surface area contributed by atoms with Gasteiger partial charge in [0.05, 0.1) is 16.6 Å². The molecule has 2 atom stereocenters. The normalized spacial score (nSPS) is 13.0. The Morgan fingerprint density at radius 3 is 2.44 bits per heavy atom. The quantitative estimate of drug-likeness (QED) is 0.713. The number of carbonyl (C=O) groups is 2. The van der Waals surface area contributed by atoms with Gasteiger partial charge in [-0.05, 0) is 37.1 Å². The van der Waals surface area contributed by atoms with Crippen molar-refractivity contribution in [2.75, 3.05) is 5.32 Å². The molecule has 0 aliphatic rings. The third-order valence-corrected chi connectivity index (χ3v) is 4.31. The molecule has 0 fully saturated rings. The molecule has 2 aromatic rings. The highest BCUT2D eigenvalue weighted by Crippen LogP contribution is 2.26. The number of nitrogens with one attached hydrogen (secondary N) is 1.